The van der Waals surface area contributed by atoms with Gasteiger partial charge in [-0.2, -0.15) is 0 Å². The molecule has 10 nitrogen and oxygen atoms in total. The largest absolute Gasteiger partial charge is 0.459 e. The summed E-state index contributed by atoms with van der Waals surface area (Å²) in [6.45, 7) is 12.2. The Morgan fingerprint density at radius 2 is 1.59 bits per heavy atom. The molecule has 1 aromatic carbocycles. The Morgan fingerprint density at radius 1 is 0.976 bits per heavy atom. The zero-order chi connectivity index (χ0) is 30.7. The predicted molar refractivity (Wildman–Crippen MR) is 144 cm³/mol. The highest BCUT2D eigenvalue weighted by molar-refractivity contribution is 6.02. The van der Waals surface area contributed by atoms with Crippen LogP contribution in [0.5, 0.6) is 0 Å². The number of aliphatic hydroxyl groups is 2. The minimum atomic E-state index is -2.57. The van der Waals surface area contributed by atoms with Crippen LogP contribution >= 0.6 is 0 Å². The van der Waals surface area contributed by atoms with E-state index in [0.29, 0.717) is 0 Å². The Bertz CT molecular complexity index is 1340. The van der Waals surface area contributed by atoms with Gasteiger partial charge in [0.15, 0.2) is 17.1 Å². The lowest BCUT2D eigenvalue weighted by molar-refractivity contribution is -0.263. The lowest BCUT2D eigenvalue weighted by Crippen LogP contribution is -2.79. The third-order valence-electron chi connectivity index (χ3n) is 9.18. The Hall–Kier alpha value is -3.63. The molecule has 0 amide bonds. The Labute approximate surface area is 238 Å². The van der Waals surface area contributed by atoms with Crippen molar-refractivity contribution in [2.45, 2.75) is 71.4 Å². The summed E-state index contributed by atoms with van der Waals surface area (Å²) in [6, 6.07) is 8.04. The highest BCUT2D eigenvalue weighted by Crippen LogP contribution is 2.65. The molecule has 2 fully saturated rings. The summed E-state index contributed by atoms with van der Waals surface area (Å²) in [4.78, 5) is 65.3. The molecule has 2 saturated carbocycles. The van der Waals surface area contributed by atoms with Gasteiger partial charge in [-0.25, -0.2) is 4.79 Å². The molecule has 0 saturated heterocycles. The van der Waals surface area contributed by atoms with Gasteiger partial charge in [0.25, 0.3) is 0 Å². The molecule has 3 aliphatic carbocycles. The number of fused-ring (bicyclic) bond motifs is 3. The number of carbonyl (C=O) groups is 5. The van der Waals surface area contributed by atoms with Crippen molar-refractivity contribution < 1.29 is 48.4 Å². The standard InChI is InChI=1S/C31H36O10/c1-8-19-23(41-26(35)18-12-10-9-11-13-18)24-29(6)15-20(39-16(2)32)25(34)28(4,5)21(29)14-22(40-17(3)33)31(24,38)27(36)30(19,7)37/h8-13,15,19,21-24,37-38H,1,14H2,2-7H3/t19-,21-,22+,23+,24+,29-,30-,31-/m1/s1. The summed E-state index contributed by atoms with van der Waals surface area (Å²) in [5, 5.41) is 24.0. The Balaban J connectivity index is 2.03. The molecule has 41 heavy (non-hydrogen) atoms. The number of esters is 3. The van der Waals surface area contributed by atoms with Crippen LogP contribution in [0.25, 0.3) is 0 Å². The zero-order valence-corrected chi connectivity index (χ0v) is 24.0. The van der Waals surface area contributed by atoms with Crippen LogP contribution in [0.4, 0.5) is 0 Å². The maximum Gasteiger partial charge on any atom is 0.338 e. The minimum Gasteiger partial charge on any atom is -0.459 e. The van der Waals surface area contributed by atoms with Crippen molar-refractivity contribution in [2.75, 3.05) is 0 Å². The maximum atomic E-state index is 14.1. The summed E-state index contributed by atoms with van der Waals surface area (Å²) >= 11 is 0. The van der Waals surface area contributed by atoms with E-state index in [1.54, 1.807) is 39.0 Å². The van der Waals surface area contributed by atoms with Crippen LogP contribution in [0.15, 0.2) is 54.8 Å². The van der Waals surface area contributed by atoms with Crippen LogP contribution in [0, 0.1) is 28.6 Å². The predicted octanol–water partition coefficient (Wildman–Crippen LogP) is 2.71. The summed E-state index contributed by atoms with van der Waals surface area (Å²) in [5.74, 6) is -7.43. The summed E-state index contributed by atoms with van der Waals surface area (Å²) in [5.41, 5.74) is -7.29. The third kappa shape index (κ3) is 4.53. The SMILES string of the molecule is C=C[C@@H]1[C@H](OC(=O)c2ccccc2)[C@H]2[C@]3(C)C=C(OC(C)=O)C(=O)C(C)(C)[C@H]3C[C@H](OC(C)=O)[C@]2(O)C(=O)[C@]1(C)O. The van der Waals surface area contributed by atoms with E-state index in [2.05, 4.69) is 6.58 Å². The number of Topliss-reactive ketones (excluding diaryl/α,β-unsaturated/α-hetero) is 2. The van der Waals surface area contributed by atoms with Crippen molar-refractivity contribution in [3.8, 4) is 0 Å². The molecule has 220 valence electrons. The monoisotopic (exact) mass is 568 g/mol. The summed E-state index contributed by atoms with van der Waals surface area (Å²) < 4.78 is 16.9. The van der Waals surface area contributed by atoms with E-state index in [1.165, 1.54) is 31.2 Å². The van der Waals surface area contributed by atoms with Gasteiger partial charge in [-0.05, 0) is 37.5 Å². The lowest BCUT2D eigenvalue weighted by atomic mass is 9.41. The van der Waals surface area contributed by atoms with Crippen molar-refractivity contribution in [1.29, 1.82) is 0 Å². The number of benzene rings is 1. The number of hydrogen-bond acceptors (Lipinski definition) is 10. The first-order chi connectivity index (χ1) is 18.9. The van der Waals surface area contributed by atoms with E-state index < -0.39 is 81.5 Å². The molecule has 1 aromatic rings. The molecule has 0 aliphatic heterocycles. The van der Waals surface area contributed by atoms with Gasteiger partial charge in [0.05, 0.1) is 11.5 Å². The van der Waals surface area contributed by atoms with Crippen LogP contribution in [-0.4, -0.2) is 63.1 Å². The van der Waals surface area contributed by atoms with Gasteiger partial charge in [-0.15, -0.1) is 6.58 Å². The highest BCUT2D eigenvalue weighted by atomic mass is 16.6. The van der Waals surface area contributed by atoms with Gasteiger partial charge in [0.1, 0.15) is 17.8 Å². The second-order valence-electron chi connectivity index (χ2n) is 12.2. The van der Waals surface area contributed by atoms with E-state index in [0.717, 1.165) is 13.8 Å². The van der Waals surface area contributed by atoms with E-state index in [-0.39, 0.29) is 17.7 Å². The number of hydrogen-bond donors (Lipinski definition) is 2. The Morgan fingerprint density at radius 3 is 2.12 bits per heavy atom. The molecular formula is C31H36O10. The van der Waals surface area contributed by atoms with E-state index in [4.69, 9.17) is 14.2 Å². The second kappa shape index (κ2) is 10.0. The van der Waals surface area contributed by atoms with Gasteiger partial charge in [-0.1, -0.05) is 45.0 Å². The molecule has 8 atom stereocenters. The first-order valence-corrected chi connectivity index (χ1v) is 13.5. The number of rotatable bonds is 5. The van der Waals surface area contributed by atoms with E-state index in [9.17, 15) is 34.2 Å². The van der Waals surface area contributed by atoms with Crippen molar-refractivity contribution in [1.82, 2.24) is 0 Å². The second-order valence-corrected chi connectivity index (χ2v) is 12.2. The van der Waals surface area contributed by atoms with Gasteiger partial charge >= 0.3 is 17.9 Å². The molecule has 0 spiro atoms. The van der Waals surface area contributed by atoms with Crippen LogP contribution in [0.1, 0.15) is 58.3 Å². The Kier molecular flexibility index (Phi) is 7.42. The zero-order valence-electron chi connectivity index (χ0n) is 24.0. The lowest BCUT2D eigenvalue weighted by Gasteiger charge is -2.65. The number of allylic oxidation sites excluding steroid dienone is 2. The molecule has 2 N–H and O–H groups in total. The average Bonchev–Trinajstić information content (AvgIpc) is 2.87. The van der Waals surface area contributed by atoms with Gasteiger partial charge < -0.3 is 24.4 Å². The quantitative estimate of drug-likeness (QED) is 0.308. The smallest absolute Gasteiger partial charge is 0.338 e. The van der Waals surface area contributed by atoms with Gasteiger partial charge in [0, 0.05) is 30.6 Å². The van der Waals surface area contributed by atoms with E-state index in [1.807, 2.05) is 0 Å². The normalized spacial score (nSPS) is 37.6. The van der Waals surface area contributed by atoms with Crippen LogP contribution in [0.3, 0.4) is 0 Å². The fraction of sp³-hybridized carbons (Fsp3) is 0.516. The number of carbonyl (C=O) groups excluding carboxylic acids is 5. The first-order valence-electron chi connectivity index (χ1n) is 13.5. The van der Waals surface area contributed by atoms with Crippen molar-refractivity contribution in [3.05, 3.63) is 60.4 Å². The van der Waals surface area contributed by atoms with Crippen molar-refractivity contribution in [3.63, 3.8) is 0 Å². The van der Waals surface area contributed by atoms with E-state index >= 15 is 0 Å². The number of ether oxygens (including phenoxy) is 3. The molecule has 0 bridgehead atoms. The first kappa shape index (κ1) is 30.3. The van der Waals surface area contributed by atoms with Gasteiger partial charge in [-0.3, -0.25) is 19.2 Å². The van der Waals surface area contributed by atoms with Crippen molar-refractivity contribution in [2.24, 2.45) is 28.6 Å². The molecule has 0 heterocycles. The molecule has 4 rings (SSSR count). The molecule has 0 unspecified atom stereocenters. The minimum absolute atomic E-state index is 0.147. The fourth-order valence-corrected chi connectivity index (χ4v) is 7.44. The van der Waals surface area contributed by atoms with Crippen LogP contribution in [-0.2, 0) is 33.4 Å². The summed E-state index contributed by atoms with van der Waals surface area (Å²) in [7, 11) is 0. The third-order valence-corrected chi connectivity index (χ3v) is 9.18. The molecule has 3 aliphatic rings. The molecule has 10 heteroatoms. The average molecular weight is 569 g/mol. The summed E-state index contributed by atoms with van der Waals surface area (Å²) in [6.07, 6.45) is -0.372. The van der Waals surface area contributed by atoms with Crippen molar-refractivity contribution >= 4 is 29.5 Å². The van der Waals surface area contributed by atoms with Gasteiger partial charge in [0.2, 0.25) is 5.78 Å². The molecule has 0 radical (unpaired) electrons. The van der Waals surface area contributed by atoms with Crippen LogP contribution < -0.4 is 0 Å². The van der Waals surface area contributed by atoms with Crippen LogP contribution in [0.2, 0.25) is 0 Å². The fourth-order valence-electron chi connectivity index (χ4n) is 7.44. The molecular weight excluding hydrogens is 532 g/mol. The highest BCUT2D eigenvalue weighted by Gasteiger charge is 2.76. The molecule has 0 aromatic heterocycles. The number of ketones is 2. The topological polar surface area (TPSA) is 154 Å². The maximum absolute atomic E-state index is 14.1.